The van der Waals surface area contributed by atoms with Crippen LogP contribution in [0.15, 0.2) is 78.9 Å². The van der Waals surface area contributed by atoms with Crippen molar-refractivity contribution in [2.75, 3.05) is 0 Å². The second-order valence-corrected chi connectivity index (χ2v) is 8.15. The van der Waals surface area contributed by atoms with Gasteiger partial charge in [-0.05, 0) is 41.7 Å². The third-order valence-electron chi connectivity index (χ3n) is 6.04. The predicted octanol–water partition coefficient (Wildman–Crippen LogP) is 4.11. The number of carbonyl (C=O) groups is 2. The van der Waals surface area contributed by atoms with Crippen molar-refractivity contribution in [1.82, 2.24) is 5.32 Å². The summed E-state index contributed by atoms with van der Waals surface area (Å²) in [6.45, 7) is 2.87. The number of aliphatic carboxylic acids is 2. The average molecular weight is 401 g/mol. The van der Waals surface area contributed by atoms with Gasteiger partial charge in [0.2, 0.25) is 0 Å². The number of nitrogens with one attached hydrogen (secondary N) is 1. The molecule has 3 N–H and O–H groups in total. The smallest absolute Gasteiger partial charge is 0.321 e. The minimum absolute atomic E-state index is 0.856. The van der Waals surface area contributed by atoms with E-state index in [4.69, 9.17) is 0 Å². The molecule has 0 saturated carbocycles. The lowest BCUT2D eigenvalue weighted by Gasteiger charge is -2.40. The van der Waals surface area contributed by atoms with Crippen LogP contribution < -0.4 is 5.32 Å². The molecule has 3 aromatic carbocycles. The lowest BCUT2D eigenvalue weighted by Crippen LogP contribution is -2.59. The van der Waals surface area contributed by atoms with E-state index in [9.17, 15) is 19.8 Å². The summed E-state index contributed by atoms with van der Waals surface area (Å²) in [6, 6.07) is 24.0. The Bertz CT molecular complexity index is 1080. The van der Waals surface area contributed by atoms with Crippen molar-refractivity contribution in [3.05, 3.63) is 95.6 Å². The van der Waals surface area contributed by atoms with Crippen LogP contribution in [0.5, 0.6) is 0 Å². The highest BCUT2D eigenvalue weighted by Crippen LogP contribution is 2.51. The largest absolute Gasteiger partial charge is 0.481 e. The van der Waals surface area contributed by atoms with Crippen LogP contribution in [-0.2, 0) is 15.1 Å². The van der Waals surface area contributed by atoms with E-state index in [1.807, 2.05) is 78.9 Å². The number of benzene rings is 3. The highest BCUT2D eigenvalue weighted by molar-refractivity contribution is 5.87. The molecule has 0 heterocycles. The van der Waals surface area contributed by atoms with Crippen molar-refractivity contribution in [2.45, 2.75) is 25.4 Å². The molecule has 1 atom stereocenters. The lowest BCUT2D eigenvalue weighted by atomic mass is 9.76. The molecule has 1 aliphatic carbocycles. The van der Waals surface area contributed by atoms with Gasteiger partial charge in [-0.3, -0.25) is 14.9 Å². The number of carboxylic acids is 2. The first kappa shape index (κ1) is 19.9. The summed E-state index contributed by atoms with van der Waals surface area (Å²) in [5.74, 6) is -2.38. The number of rotatable bonds is 6. The summed E-state index contributed by atoms with van der Waals surface area (Å²) < 4.78 is 0. The van der Waals surface area contributed by atoms with Crippen molar-refractivity contribution in [3.8, 4) is 11.1 Å². The molecular formula is C25H23NO4. The van der Waals surface area contributed by atoms with Gasteiger partial charge in [-0.25, -0.2) is 0 Å². The second-order valence-electron chi connectivity index (χ2n) is 8.15. The second kappa shape index (κ2) is 7.11. The van der Waals surface area contributed by atoms with Crippen LogP contribution in [0.3, 0.4) is 0 Å². The van der Waals surface area contributed by atoms with Crippen molar-refractivity contribution < 1.29 is 19.8 Å². The van der Waals surface area contributed by atoms with E-state index in [1.165, 1.54) is 13.8 Å². The monoisotopic (exact) mass is 401 g/mol. The van der Waals surface area contributed by atoms with E-state index in [1.54, 1.807) is 0 Å². The Balaban J connectivity index is 2.04. The van der Waals surface area contributed by atoms with Gasteiger partial charge in [0.05, 0.1) is 11.0 Å². The maximum Gasteiger partial charge on any atom is 0.321 e. The summed E-state index contributed by atoms with van der Waals surface area (Å²) in [6.07, 6.45) is 0. The highest BCUT2D eigenvalue weighted by Gasteiger charge is 2.51. The highest BCUT2D eigenvalue weighted by atomic mass is 16.4. The quantitative estimate of drug-likeness (QED) is 0.579. The molecule has 5 heteroatoms. The van der Waals surface area contributed by atoms with E-state index in [0.29, 0.717) is 0 Å². The molecule has 0 radical (unpaired) electrons. The van der Waals surface area contributed by atoms with Crippen molar-refractivity contribution >= 4 is 11.9 Å². The first-order valence-electron chi connectivity index (χ1n) is 9.79. The molecule has 1 aliphatic rings. The fourth-order valence-corrected chi connectivity index (χ4v) is 4.36. The number of hydrogen-bond donors (Lipinski definition) is 3. The summed E-state index contributed by atoms with van der Waals surface area (Å²) >= 11 is 0. The third kappa shape index (κ3) is 2.82. The normalized spacial score (nSPS) is 15.1. The van der Waals surface area contributed by atoms with Gasteiger partial charge in [0.25, 0.3) is 0 Å². The van der Waals surface area contributed by atoms with Crippen LogP contribution in [0.4, 0.5) is 0 Å². The molecule has 30 heavy (non-hydrogen) atoms. The molecule has 0 amide bonds. The Kier molecular flexibility index (Phi) is 4.71. The average Bonchev–Trinajstić information content (AvgIpc) is 3.03. The van der Waals surface area contributed by atoms with Crippen LogP contribution in [0.2, 0.25) is 0 Å². The van der Waals surface area contributed by atoms with Gasteiger partial charge in [-0.1, -0.05) is 78.9 Å². The number of fused-ring (bicyclic) bond motifs is 3. The van der Waals surface area contributed by atoms with Gasteiger partial charge in [0.15, 0.2) is 0 Å². The van der Waals surface area contributed by atoms with Gasteiger partial charge in [0, 0.05) is 0 Å². The Morgan fingerprint density at radius 1 is 0.800 bits per heavy atom. The molecule has 4 rings (SSSR count). The van der Waals surface area contributed by atoms with Crippen LogP contribution in [0, 0.1) is 5.41 Å². The summed E-state index contributed by atoms with van der Waals surface area (Å²) in [7, 11) is 0. The van der Waals surface area contributed by atoms with Crippen LogP contribution >= 0.6 is 0 Å². The van der Waals surface area contributed by atoms with Crippen LogP contribution in [0.25, 0.3) is 11.1 Å². The summed E-state index contributed by atoms with van der Waals surface area (Å²) in [5, 5.41) is 23.1. The van der Waals surface area contributed by atoms with Crippen molar-refractivity contribution in [2.24, 2.45) is 5.41 Å². The van der Waals surface area contributed by atoms with Gasteiger partial charge in [0.1, 0.15) is 6.04 Å². The first-order chi connectivity index (χ1) is 14.3. The van der Waals surface area contributed by atoms with Gasteiger partial charge in [-0.15, -0.1) is 0 Å². The van der Waals surface area contributed by atoms with E-state index < -0.39 is 28.9 Å². The molecular weight excluding hydrogens is 378 g/mol. The maximum atomic E-state index is 12.3. The van der Waals surface area contributed by atoms with Crippen molar-refractivity contribution in [1.29, 1.82) is 0 Å². The van der Waals surface area contributed by atoms with Gasteiger partial charge < -0.3 is 10.2 Å². The first-order valence-corrected chi connectivity index (χ1v) is 9.79. The molecule has 152 valence electrons. The lowest BCUT2D eigenvalue weighted by molar-refractivity contribution is -0.157. The van der Waals surface area contributed by atoms with Gasteiger partial charge >= 0.3 is 11.9 Å². The zero-order valence-corrected chi connectivity index (χ0v) is 16.8. The zero-order chi connectivity index (χ0) is 21.5. The minimum atomic E-state index is -1.54. The Hall–Kier alpha value is -3.44. The predicted molar refractivity (Wildman–Crippen MR) is 114 cm³/mol. The van der Waals surface area contributed by atoms with E-state index in [0.717, 1.165) is 27.8 Å². The molecule has 0 saturated heterocycles. The maximum absolute atomic E-state index is 12.3. The molecule has 5 nitrogen and oxygen atoms in total. The van der Waals surface area contributed by atoms with Crippen LogP contribution in [0.1, 0.15) is 30.5 Å². The fraction of sp³-hybridized carbons (Fsp3) is 0.200. The van der Waals surface area contributed by atoms with E-state index >= 15 is 0 Å². The van der Waals surface area contributed by atoms with E-state index in [2.05, 4.69) is 5.32 Å². The number of carboxylic acid groups (broad SMARTS) is 2. The van der Waals surface area contributed by atoms with Gasteiger partial charge in [-0.2, -0.15) is 0 Å². The summed E-state index contributed by atoms with van der Waals surface area (Å²) in [5.41, 5.74) is 2.14. The SMILES string of the molecule is CC(C)(C(=O)O)[C@H](NC1(c2ccccc2)c2ccccc2-c2ccccc21)C(=O)O. The molecule has 0 fully saturated rings. The fourth-order valence-electron chi connectivity index (χ4n) is 4.36. The zero-order valence-electron chi connectivity index (χ0n) is 16.8. The third-order valence-corrected chi connectivity index (χ3v) is 6.04. The molecule has 0 unspecified atom stereocenters. The Morgan fingerprint density at radius 3 is 1.73 bits per heavy atom. The molecule has 0 spiro atoms. The standard InChI is InChI=1S/C25H23NO4/c1-24(2,23(29)30)21(22(27)28)26-25(16-10-4-3-5-11-16)19-14-8-6-12-17(19)18-13-7-9-15-20(18)25/h3-15,21,26H,1-2H3,(H,27,28)(H,29,30)/t21-/m1/s1. The molecule has 0 aliphatic heterocycles. The Labute approximate surface area is 175 Å². The minimum Gasteiger partial charge on any atom is -0.481 e. The molecule has 3 aromatic rings. The molecule has 0 aromatic heterocycles. The van der Waals surface area contributed by atoms with Crippen LogP contribution in [-0.4, -0.2) is 28.2 Å². The van der Waals surface area contributed by atoms with E-state index in [-0.39, 0.29) is 0 Å². The summed E-state index contributed by atoms with van der Waals surface area (Å²) in [4.78, 5) is 24.3. The Morgan fingerprint density at radius 2 is 1.27 bits per heavy atom. The molecule has 0 bridgehead atoms. The van der Waals surface area contributed by atoms with Crippen molar-refractivity contribution in [3.63, 3.8) is 0 Å². The topological polar surface area (TPSA) is 86.6 Å². The number of hydrogen-bond acceptors (Lipinski definition) is 3.